The van der Waals surface area contributed by atoms with Crippen LogP contribution in [0.3, 0.4) is 0 Å². The first-order valence-corrected chi connectivity index (χ1v) is 5.59. The molecule has 2 rings (SSSR count). The lowest BCUT2D eigenvalue weighted by Gasteiger charge is -2.41. The minimum atomic E-state index is -0.0372. The van der Waals surface area contributed by atoms with Crippen molar-refractivity contribution in [3.05, 3.63) is 16.4 Å². The number of rotatable bonds is 4. The van der Waals surface area contributed by atoms with Gasteiger partial charge < -0.3 is 10.4 Å². The highest BCUT2D eigenvalue weighted by atomic mass is 79.9. The van der Waals surface area contributed by atoms with Crippen LogP contribution in [0.4, 0.5) is 0 Å². The van der Waals surface area contributed by atoms with Gasteiger partial charge in [0.1, 0.15) is 0 Å². The maximum atomic E-state index is 9.23. The smallest absolute Gasteiger partial charge is 0.0633 e. The Morgan fingerprint density at radius 3 is 2.86 bits per heavy atom. The van der Waals surface area contributed by atoms with Gasteiger partial charge in [-0.25, -0.2) is 0 Å². The SMILES string of the molecule is OCC1(NCc2[nH]ncc2Br)CCC1. The predicted octanol–water partition coefficient (Wildman–Crippen LogP) is 1.18. The number of aromatic amines is 1. The predicted molar refractivity (Wildman–Crippen MR) is 56.8 cm³/mol. The van der Waals surface area contributed by atoms with Crippen molar-refractivity contribution < 1.29 is 5.11 Å². The molecule has 1 saturated carbocycles. The Morgan fingerprint density at radius 2 is 2.43 bits per heavy atom. The molecule has 14 heavy (non-hydrogen) atoms. The molecular formula is C9H14BrN3O. The van der Waals surface area contributed by atoms with E-state index in [1.54, 1.807) is 6.20 Å². The number of hydrogen-bond donors (Lipinski definition) is 3. The standard InChI is InChI=1S/C9H14BrN3O/c10-7-4-12-13-8(7)5-11-9(6-14)2-1-3-9/h4,11,14H,1-3,5-6H2,(H,12,13). The number of nitrogens with zero attached hydrogens (tertiary/aromatic N) is 1. The van der Waals surface area contributed by atoms with Gasteiger partial charge in [-0.2, -0.15) is 5.10 Å². The van der Waals surface area contributed by atoms with Crippen molar-refractivity contribution in [2.24, 2.45) is 0 Å². The van der Waals surface area contributed by atoms with Crippen molar-refractivity contribution in [2.75, 3.05) is 6.61 Å². The van der Waals surface area contributed by atoms with Crippen molar-refractivity contribution in [3.8, 4) is 0 Å². The molecular weight excluding hydrogens is 246 g/mol. The minimum absolute atomic E-state index is 0.0372. The van der Waals surface area contributed by atoms with Crippen LogP contribution in [0.25, 0.3) is 0 Å². The Hall–Kier alpha value is -0.390. The number of halogens is 1. The molecule has 1 aliphatic carbocycles. The molecule has 1 aliphatic rings. The summed E-state index contributed by atoms with van der Waals surface area (Å²) in [5.41, 5.74) is 0.995. The second-order valence-electron chi connectivity index (χ2n) is 3.84. The third kappa shape index (κ3) is 1.85. The lowest BCUT2D eigenvalue weighted by Crippen LogP contribution is -2.53. The fraction of sp³-hybridized carbons (Fsp3) is 0.667. The molecule has 0 bridgehead atoms. The molecule has 0 unspecified atom stereocenters. The molecule has 0 aliphatic heterocycles. The van der Waals surface area contributed by atoms with Crippen molar-refractivity contribution in [1.29, 1.82) is 0 Å². The van der Waals surface area contributed by atoms with Gasteiger partial charge in [0.15, 0.2) is 0 Å². The van der Waals surface area contributed by atoms with Crippen molar-refractivity contribution >= 4 is 15.9 Å². The maximum Gasteiger partial charge on any atom is 0.0633 e. The Kier molecular flexibility index (Phi) is 2.90. The summed E-state index contributed by atoms with van der Waals surface area (Å²) in [6.07, 6.45) is 5.08. The van der Waals surface area contributed by atoms with Gasteiger partial charge >= 0.3 is 0 Å². The van der Waals surface area contributed by atoms with Gasteiger partial charge in [0.25, 0.3) is 0 Å². The van der Waals surface area contributed by atoms with Crippen molar-refractivity contribution in [2.45, 2.75) is 31.3 Å². The fourth-order valence-electron chi connectivity index (χ4n) is 1.69. The summed E-state index contributed by atoms with van der Waals surface area (Å²) < 4.78 is 0.984. The zero-order chi connectivity index (χ0) is 10.0. The van der Waals surface area contributed by atoms with Gasteiger partial charge in [-0.15, -0.1) is 0 Å². The van der Waals surface area contributed by atoms with Gasteiger partial charge in [0.05, 0.1) is 23.0 Å². The van der Waals surface area contributed by atoms with E-state index in [1.165, 1.54) is 6.42 Å². The van der Waals surface area contributed by atoms with Crippen LogP contribution in [0.2, 0.25) is 0 Å². The van der Waals surface area contributed by atoms with E-state index in [-0.39, 0.29) is 12.1 Å². The molecule has 4 nitrogen and oxygen atoms in total. The fourth-order valence-corrected chi connectivity index (χ4v) is 2.02. The summed E-state index contributed by atoms with van der Waals surface area (Å²) >= 11 is 3.40. The second-order valence-corrected chi connectivity index (χ2v) is 4.70. The number of hydrogen-bond acceptors (Lipinski definition) is 3. The van der Waals surface area contributed by atoms with Gasteiger partial charge in [0.2, 0.25) is 0 Å². The molecule has 1 aromatic rings. The minimum Gasteiger partial charge on any atom is -0.394 e. The van der Waals surface area contributed by atoms with E-state index in [9.17, 15) is 5.11 Å². The van der Waals surface area contributed by atoms with E-state index in [0.29, 0.717) is 0 Å². The molecule has 0 radical (unpaired) electrons. The van der Waals surface area contributed by atoms with Crippen LogP contribution in [0.1, 0.15) is 25.0 Å². The highest BCUT2D eigenvalue weighted by molar-refractivity contribution is 9.10. The van der Waals surface area contributed by atoms with Crippen LogP contribution in [0, 0.1) is 0 Å². The second kappa shape index (κ2) is 4.00. The highest BCUT2D eigenvalue weighted by Crippen LogP contribution is 2.31. The van der Waals surface area contributed by atoms with E-state index >= 15 is 0 Å². The van der Waals surface area contributed by atoms with Crippen LogP contribution in [0.15, 0.2) is 10.7 Å². The summed E-state index contributed by atoms with van der Waals surface area (Å²) in [6, 6.07) is 0. The molecule has 3 N–H and O–H groups in total. The number of aromatic nitrogens is 2. The first-order chi connectivity index (χ1) is 6.76. The normalized spacial score (nSPS) is 19.3. The summed E-state index contributed by atoms with van der Waals surface area (Å²) in [5, 5.41) is 19.4. The monoisotopic (exact) mass is 259 g/mol. The van der Waals surface area contributed by atoms with Crippen LogP contribution in [-0.2, 0) is 6.54 Å². The number of H-pyrrole nitrogens is 1. The third-order valence-corrected chi connectivity index (χ3v) is 3.60. The molecule has 1 fully saturated rings. The molecule has 1 aromatic heterocycles. The summed E-state index contributed by atoms with van der Waals surface area (Å²) in [7, 11) is 0. The molecule has 0 amide bonds. The Balaban J connectivity index is 1.90. The number of aliphatic hydroxyl groups is 1. The number of nitrogens with one attached hydrogen (secondary N) is 2. The summed E-state index contributed by atoms with van der Waals surface area (Å²) in [5.74, 6) is 0. The molecule has 78 valence electrons. The molecule has 0 atom stereocenters. The zero-order valence-corrected chi connectivity index (χ0v) is 9.47. The van der Waals surface area contributed by atoms with Gasteiger partial charge in [0, 0.05) is 12.1 Å². The van der Waals surface area contributed by atoms with E-state index in [1.807, 2.05) is 0 Å². The topological polar surface area (TPSA) is 60.9 Å². The Morgan fingerprint density at radius 1 is 1.64 bits per heavy atom. The van der Waals surface area contributed by atoms with Crippen LogP contribution in [-0.4, -0.2) is 27.4 Å². The highest BCUT2D eigenvalue weighted by Gasteiger charge is 2.35. The first-order valence-electron chi connectivity index (χ1n) is 4.79. The van der Waals surface area contributed by atoms with Gasteiger partial charge in [-0.1, -0.05) is 0 Å². The Labute approximate surface area is 91.2 Å². The van der Waals surface area contributed by atoms with Crippen LogP contribution >= 0.6 is 15.9 Å². The van der Waals surface area contributed by atoms with E-state index in [4.69, 9.17) is 0 Å². The van der Waals surface area contributed by atoms with Crippen molar-refractivity contribution in [3.63, 3.8) is 0 Å². The summed E-state index contributed by atoms with van der Waals surface area (Å²) in [6.45, 7) is 0.944. The molecule has 5 heteroatoms. The quantitative estimate of drug-likeness (QED) is 0.761. The maximum absolute atomic E-state index is 9.23. The van der Waals surface area contributed by atoms with E-state index in [0.717, 1.165) is 29.6 Å². The van der Waals surface area contributed by atoms with Gasteiger partial charge in [-0.05, 0) is 35.2 Å². The molecule has 0 saturated heterocycles. The average molecular weight is 260 g/mol. The number of aliphatic hydroxyl groups excluding tert-OH is 1. The van der Waals surface area contributed by atoms with Gasteiger partial charge in [-0.3, -0.25) is 5.10 Å². The molecule has 0 aromatic carbocycles. The first kappa shape index (κ1) is 10.1. The van der Waals surface area contributed by atoms with Crippen molar-refractivity contribution in [1.82, 2.24) is 15.5 Å². The largest absolute Gasteiger partial charge is 0.394 e. The lowest BCUT2D eigenvalue weighted by atomic mass is 9.77. The van der Waals surface area contributed by atoms with Crippen LogP contribution < -0.4 is 5.32 Å². The molecule has 1 heterocycles. The van der Waals surface area contributed by atoms with Crippen LogP contribution in [0.5, 0.6) is 0 Å². The Bertz CT molecular complexity index is 303. The average Bonchev–Trinajstić information content (AvgIpc) is 2.51. The third-order valence-electron chi connectivity index (χ3n) is 2.92. The summed E-state index contributed by atoms with van der Waals surface area (Å²) in [4.78, 5) is 0. The lowest BCUT2D eigenvalue weighted by molar-refractivity contribution is 0.0868. The zero-order valence-electron chi connectivity index (χ0n) is 7.89. The van der Waals surface area contributed by atoms with E-state index < -0.39 is 0 Å². The molecule has 0 spiro atoms. The van der Waals surface area contributed by atoms with E-state index in [2.05, 4.69) is 31.4 Å².